The molecule has 2 aromatic heterocycles. The van der Waals surface area contributed by atoms with Crippen molar-refractivity contribution in [2.75, 3.05) is 23.9 Å². The minimum absolute atomic E-state index is 0.0639. The van der Waals surface area contributed by atoms with Gasteiger partial charge < -0.3 is 10.1 Å². The fourth-order valence-electron chi connectivity index (χ4n) is 4.11. The van der Waals surface area contributed by atoms with Crippen molar-refractivity contribution in [2.24, 2.45) is 0 Å². The average Bonchev–Trinajstić information content (AvgIpc) is 2.78. The Bertz CT molecular complexity index is 1270. The number of hydrogen-bond acceptors (Lipinski definition) is 7. The molecule has 1 atom stereocenters. The normalized spacial score (nSPS) is 17.3. The summed E-state index contributed by atoms with van der Waals surface area (Å²) in [5, 5.41) is 3.62. The number of fused-ring (bicyclic) bond motifs is 1. The van der Waals surface area contributed by atoms with Crippen LogP contribution in [0.4, 0.5) is 19.0 Å². The molecule has 1 saturated heterocycles. The summed E-state index contributed by atoms with van der Waals surface area (Å²) in [5.74, 6) is -0.131. The van der Waals surface area contributed by atoms with Crippen LogP contribution in [0.15, 0.2) is 30.6 Å². The molecule has 1 aromatic carbocycles. The zero-order valence-electron chi connectivity index (χ0n) is 18.1. The third-order valence-corrected chi connectivity index (χ3v) is 7.63. The fourth-order valence-corrected chi connectivity index (χ4v) is 5.60. The molecule has 3 heterocycles. The molecule has 33 heavy (non-hydrogen) atoms. The molecule has 1 aliphatic heterocycles. The van der Waals surface area contributed by atoms with Crippen LogP contribution < -0.4 is 10.1 Å². The van der Waals surface area contributed by atoms with E-state index < -0.39 is 33.7 Å². The molecule has 3 aromatic rings. The maximum absolute atomic E-state index is 14.6. The summed E-state index contributed by atoms with van der Waals surface area (Å²) < 4.78 is 70.0. The number of sulfone groups is 1. The van der Waals surface area contributed by atoms with E-state index in [1.165, 1.54) is 25.6 Å². The van der Waals surface area contributed by atoms with E-state index in [0.717, 1.165) is 11.6 Å². The van der Waals surface area contributed by atoms with Gasteiger partial charge in [-0.1, -0.05) is 18.2 Å². The van der Waals surface area contributed by atoms with E-state index in [1.807, 2.05) is 6.07 Å². The van der Waals surface area contributed by atoms with E-state index in [2.05, 4.69) is 20.3 Å². The number of halogens is 3. The van der Waals surface area contributed by atoms with Crippen molar-refractivity contribution >= 4 is 26.7 Å². The van der Waals surface area contributed by atoms with Gasteiger partial charge in [0.1, 0.15) is 27.8 Å². The third kappa shape index (κ3) is 4.73. The van der Waals surface area contributed by atoms with Crippen molar-refractivity contribution in [2.45, 2.75) is 38.2 Å². The summed E-state index contributed by atoms with van der Waals surface area (Å²) in [6, 6.07) is 5.02. The highest BCUT2D eigenvalue weighted by Gasteiger charge is 2.28. The van der Waals surface area contributed by atoms with E-state index in [9.17, 15) is 21.6 Å². The largest absolute Gasteiger partial charge is 0.481 e. The first-order valence-corrected chi connectivity index (χ1v) is 12.3. The smallest absolute Gasteiger partial charge is 0.266 e. The zero-order valence-corrected chi connectivity index (χ0v) is 18.9. The van der Waals surface area contributed by atoms with Crippen LogP contribution in [0.25, 0.3) is 11.0 Å². The van der Waals surface area contributed by atoms with Crippen molar-refractivity contribution in [1.29, 1.82) is 0 Å². The van der Waals surface area contributed by atoms with Crippen LogP contribution in [0.3, 0.4) is 0 Å². The van der Waals surface area contributed by atoms with E-state index in [1.54, 1.807) is 6.92 Å². The van der Waals surface area contributed by atoms with Gasteiger partial charge in [0.25, 0.3) is 6.43 Å². The molecule has 1 fully saturated rings. The maximum atomic E-state index is 14.6. The summed E-state index contributed by atoms with van der Waals surface area (Å²) in [5.41, 5.74) is 0.509. The maximum Gasteiger partial charge on any atom is 0.266 e. The lowest BCUT2D eigenvalue weighted by Crippen LogP contribution is -2.22. The molecule has 1 aliphatic rings. The Morgan fingerprint density at radius 3 is 2.52 bits per heavy atom. The molecule has 4 rings (SSSR count). The first kappa shape index (κ1) is 23.2. The number of rotatable bonds is 6. The van der Waals surface area contributed by atoms with Crippen LogP contribution in [0.1, 0.15) is 54.8 Å². The molecule has 11 heteroatoms. The molecule has 0 amide bonds. The van der Waals surface area contributed by atoms with Crippen LogP contribution in [-0.2, 0) is 9.84 Å². The Morgan fingerprint density at radius 1 is 1.15 bits per heavy atom. The highest BCUT2D eigenvalue weighted by Crippen LogP contribution is 2.37. The molecule has 176 valence electrons. The lowest BCUT2D eigenvalue weighted by Gasteiger charge is -2.24. The Labute approximate surface area is 189 Å². The molecule has 0 spiro atoms. The van der Waals surface area contributed by atoms with Crippen LogP contribution in [0, 0.1) is 5.82 Å². The molecule has 1 N–H and O–H groups in total. The third-order valence-electron chi connectivity index (χ3n) is 5.92. The van der Waals surface area contributed by atoms with Crippen molar-refractivity contribution in [3.8, 4) is 5.88 Å². The van der Waals surface area contributed by atoms with Gasteiger partial charge in [-0.25, -0.2) is 31.6 Å². The fraction of sp³-hybridized carbons (Fsp3) is 0.409. The van der Waals surface area contributed by atoms with Crippen molar-refractivity contribution in [3.63, 3.8) is 0 Å². The van der Waals surface area contributed by atoms with Crippen molar-refractivity contribution < 1.29 is 26.3 Å². The summed E-state index contributed by atoms with van der Waals surface area (Å²) >= 11 is 0. The molecule has 7 nitrogen and oxygen atoms in total. The van der Waals surface area contributed by atoms with Gasteiger partial charge in [0.2, 0.25) is 5.88 Å². The number of nitrogens with zero attached hydrogens (tertiary/aromatic N) is 3. The van der Waals surface area contributed by atoms with Gasteiger partial charge in [0, 0.05) is 11.1 Å². The zero-order chi connectivity index (χ0) is 23.8. The summed E-state index contributed by atoms with van der Waals surface area (Å²) in [6.07, 6.45) is -0.729. The van der Waals surface area contributed by atoms with Gasteiger partial charge >= 0.3 is 0 Å². The quantitative estimate of drug-likeness (QED) is 0.552. The second-order valence-electron chi connectivity index (χ2n) is 8.02. The van der Waals surface area contributed by atoms with Gasteiger partial charge in [-0.05, 0) is 31.7 Å². The molecule has 0 bridgehead atoms. The summed E-state index contributed by atoms with van der Waals surface area (Å²) in [7, 11) is -1.56. The SMILES string of the molecule is COc1nc2ncnc(N[C@H](C)c3cccc(C(F)F)c3F)c2cc1C1CCS(=O)(=O)CC1. The lowest BCUT2D eigenvalue weighted by atomic mass is 9.93. The molecule has 0 aliphatic carbocycles. The van der Waals surface area contributed by atoms with Gasteiger partial charge in [-0.3, -0.25) is 0 Å². The number of ether oxygens (including phenoxy) is 1. The van der Waals surface area contributed by atoms with Crippen molar-refractivity contribution in [3.05, 3.63) is 53.1 Å². The van der Waals surface area contributed by atoms with Gasteiger partial charge in [0.05, 0.1) is 35.6 Å². The lowest BCUT2D eigenvalue weighted by molar-refractivity contribution is 0.146. The number of nitrogens with one attached hydrogen (secondary N) is 1. The predicted octanol–water partition coefficient (Wildman–Crippen LogP) is 4.58. The highest BCUT2D eigenvalue weighted by molar-refractivity contribution is 7.91. The number of anilines is 1. The first-order valence-electron chi connectivity index (χ1n) is 10.4. The average molecular weight is 481 g/mol. The molecular formula is C22H23F3N4O3S. The van der Waals surface area contributed by atoms with E-state index in [4.69, 9.17) is 4.74 Å². The van der Waals surface area contributed by atoms with Crippen molar-refractivity contribution in [1.82, 2.24) is 15.0 Å². The summed E-state index contributed by atoms with van der Waals surface area (Å²) in [6.45, 7) is 1.64. The number of methoxy groups -OCH3 is 1. The second kappa shape index (κ2) is 9.12. The summed E-state index contributed by atoms with van der Waals surface area (Å²) in [4.78, 5) is 12.9. The van der Waals surface area contributed by atoms with E-state index in [-0.39, 0.29) is 23.0 Å². The number of pyridine rings is 1. The Balaban J connectivity index is 1.71. The van der Waals surface area contributed by atoms with Crippen LogP contribution in [0.2, 0.25) is 0 Å². The second-order valence-corrected chi connectivity index (χ2v) is 10.3. The van der Waals surface area contributed by atoms with Gasteiger partial charge in [0.15, 0.2) is 5.65 Å². The number of alkyl halides is 2. The van der Waals surface area contributed by atoms with E-state index >= 15 is 0 Å². The van der Waals surface area contributed by atoms with Gasteiger partial charge in [-0.15, -0.1) is 0 Å². The monoisotopic (exact) mass is 480 g/mol. The highest BCUT2D eigenvalue weighted by atomic mass is 32.2. The number of benzene rings is 1. The molecule has 0 radical (unpaired) electrons. The minimum Gasteiger partial charge on any atom is -0.481 e. The molecular weight excluding hydrogens is 457 g/mol. The van der Waals surface area contributed by atoms with Crippen LogP contribution in [-0.4, -0.2) is 42.0 Å². The predicted molar refractivity (Wildman–Crippen MR) is 118 cm³/mol. The van der Waals surface area contributed by atoms with Crippen LogP contribution in [0.5, 0.6) is 5.88 Å². The Kier molecular flexibility index (Phi) is 6.42. The van der Waals surface area contributed by atoms with Crippen LogP contribution >= 0.6 is 0 Å². The van der Waals surface area contributed by atoms with E-state index in [0.29, 0.717) is 35.6 Å². The number of hydrogen-bond donors (Lipinski definition) is 1. The topological polar surface area (TPSA) is 94.1 Å². The Morgan fingerprint density at radius 2 is 1.85 bits per heavy atom. The number of aromatic nitrogens is 3. The molecule has 0 saturated carbocycles. The van der Waals surface area contributed by atoms with Gasteiger partial charge in [-0.2, -0.15) is 4.98 Å². The first-order chi connectivity index (χ1) is 15.7. The molecule has 0 unspecified atom stereocenters. The minimum atomic E-state index is -3.04. The standard InChI is InChI=1S/C22H23F3N4O3S/c1-12(14-4-3-5-15(18(14)23)19(24)25)28-20-17-10-16(13-6-8-33(30,31)9-7-13)22(32-2)29-21(17)27-11-26-20/h3-5,10-13,19H,6-9H2,1-2H3,(H,26,27,28,29)/t12-/m1/s1. The Hall–Kier alpha value is -2.95.